The topological polar surface area (TPSA) is 96.7 Å². The van der Waals surface area contributed by atoms with E-state index in [0.717, 1.165) is 5.69 Å². The van der Waals surface area contributed by atoms with E-state index in [4.69, 9.17) is 0 Å². The SMILES string of the molecule is O=[N+]([O-])c1ccc(NCc2ncn[nH]2)cc1. The van der Waals surface area contributed by atoms with E-state index >= 15 is 0 Å². The van der Waals surface area contributed by atoms with Gasteiger partial charge in [-0.3, -0.25) is 15.2 Å². The smallest absolute Gasteiger partial charge is 0.269 e. The summed E-state index contributed by atoms with van der Waals surface area (Å²) in [6.07, 6.45) is 1.42. The van der Waals surface area contributed by atoms with Crippen LogP contribution in [0, 0.1) is 10.1 Å². The van der Waals surface area contributed by atoms with Gasteiger partial charge in [0.05, 0.1) is 11.5 Å². The van der Waals surface area contributed by atoms with Crippen molar-refractivity contribution >= 4 is 11.4 Å². The van der Waals surface area contributed by atoms with Gasteiger partial charge in [0.15, 0.2) is 0 Å². The fourth-order valence-electron chi connectivity index (χ4n) is 1.20. The predicted octanol–water partition coefficient (Wildman–Crippen LogP) is 1.32. The van der Waals surface area contributed by atoms with Crippen LogP contribution < -0.4 is 5.32 Å². The summed E-state index contributed by atoms with van der Waals surface area (Å²) in [7, 11) is 0. The minimum Gasteiger partial charge on any atom is -0.378 e. The highest BCUT2D eigenvalue weighted by Crippen LogP contribution is 2.15. The van der Waals surface area contributed by atoms with Gasteiger partial charge < -0.3 is 5.32 Å². The zero-order chi connectivity index (χ0) is 11.4. The van der Waals surface area contributed by atoms with E-state index in [0.29, 0.717) is 12.4 Å². The molecule has 0 fully saturated rings. The molecule has 16 heavy (non-hydrogen) atoms. The maximum absolute atomic E-state index is 10.4. The molecular formula is C9H9N5O2. The lowest BCUT2D eigenvalue weighted by atomic mass is 10.3. The number of non-ortho nitro benzene ring substituents is 1. The van der Waals surface area contributed by atoms with Crippen LogP contribution in [0.4, 0.5) is 11.4 Å². The molecule has 1 aromatic carbocycles. The van der Waals surface area contributed by atoms with Crippen LogP contribution in [-0.2, 0) is 6.54 Å². The predicted molar refractivity (Wildman–Crippen MR) is 56.8 cm³/mol. The van der Waals surface area contributed by atoms with E-state index in [2.05, 4.69) is 20.5 Å². The van der Waals surface area contributed by atoms with Crippen LogP contribution in [0.1, 0.15) is 5.82 Å². The first-order chi connectivity index (χ1) is 7.75. The molecule has 0 atom stereocenters. The van der Waals surface area contributed by atoms with Gasteiger partial charge in [0, 0.05) is 17.8 Å². The van der Waals surface area contributed by atoms with Gasteiger partial charge >= 0.3 is 0 Å². The number of nitrogens with one attached hydrogen (secondary N) is 2. The number of hydrogen-bond acceptors (Lipinski definition) is 5. The lowest BCUT2D eigenvalue weighted by molar-refractivity contribution is -0.384. The molecule has 7 heteroatoms. The van der Waals surface area contributed by atoms with Crippen molar-refractivity contribution in [1.29, 1.82) is 0 Å². The molecule has 0 amide bonds. The average molecular weight is 219 g/mol. The highest BCUT2D eigenvalue weighted by molar-refractivity contribution is 5.48. The minimum absolute atomic E-state index is 0.0743. The van der Waals surface area contributed by atoms with E-state index < -0.39 is 4.92 Å². The Kier molecular flexibility index (Phi) is 2.77. The van der Waals surface area contributed by atoms with E-state index in [-0.39, 0.29) is 5.69 Å². The van der Waals surface area contributed by atoms with Crippen LogP contribution in [0.2, 0.25) is 0 Å². The molecule has 82 valence electrons. The third-order valence-corrected chi connectivity index (χ3v) is 2.00. The molecule has 2 N–H and O–H groups in total. The molecule has 1 heterocycles. The molecule has 7 nitrogen and oxygen atoms in total. The molecule has 0 unspecified atom stereocenters. The van der Waals surface area contributed by atoms with Crippen molar-refractivity contribution in [1.82, 2.24) is 15.2 Å². The van der Waals surface area contributed by atoms with Crippen LogP contribution in [0.5, 0.6) is 0 Å². The zero-order valence-electron chi connectivity index (χ0n) is 8.25. The summed E-state index contributed by atoms with van der Waals surface area (Å²) in [6.45, 7) is 0.498. The largest absolute Gasteiger partial charge is 0.378 e. The van der Waals surface area contributed by atoms with Crippen molar-refractivity contribution in [3.63, 3.8) is 0 Å². The number of aromatic amines is 1. The number of hydrogen-bond donors (Lipinski definition) is 2. The molecule has 1 aromatic heterocycles. The highest BCUT2D eigenvalue weighted by atomic mass is 16.6. The molecule has 0 bridgehead atoms. The lowest BCUT2D eigenvalue weighted by Gasteiger charge is -2.02. The summed E-state index contributed by atoms with van der Waals surface area (Å²) in [4.78, 5) is 13.9. The molecule has 0 aliphatic carbocycles. The molecular weight excluding hydrogens is 210 g/mol. The number of nitrogens with zero attached hydrogens (tertiary/aromatic N) is 3. The second kappa shape index (κ2) is 4.39. The van der Waals surface area contributed by atoms with Crippen LogP contribution >= 0.6 is 0 Å². The maximum Gasteiger partial charge on any atom is 0.269 e. The first-order valence-electron chi connectivity index (χ1n) is 4.58. The molecule has 0 saturated carbocycles. The third kappa shape index (κ3) is 2.32. The molecule has 2 rings (SSSR count). The van der Waals surface area contributed by atoms with Gasteiger partial charge in [-0.05, 0) is 12.1 Å². The van der Waals surface area contributed by atoms with Crippen molar-refractivity contribution in [3.8, 4) is 0 Å². The quantitative estimate of drug-likeness (QED) is 0.597. The van der Waals surface area contributed by atoms with Crippen LogP contribution in [0.3, 0.4) is 0 Å². The van der Waals surface area contributed by atoms with Gasteiger partial charge in [-0.1, -0.05) is 0 Å². The van der Waals surface area contributed by atoms with Crippen molar-refractivity contribution in [2.24, 2.45) is 0 Å². The standard InChI is InChI=1S/C9H9N5O2/c15-14(16)8-3-1-7(2-4-8)10-5-9-11-6-12-13-9/h1-4,6,10H,5H2,(H,11,12,13). The number of H-pyrrole nitrogens is 1. The van der Waals surface area contributed by atoms with E-state index in [1.165, 1.54) is 18.5 Å². The number of nitro groups is 1. The normalized spacial score (nSPS) is 10.0. The first-order valence-corrected chi connectivity index (χ1v) is 4.58. The number of benzene rings is 1. The first kappa shape index (κ1) is 10.1. The summed E-state index contributed by atoms with van der Waals surface area (Å²) < 4.78 is 0. The van der Waals surface area contributed by atoms with Crippen molar-refractivity contribution in [3.05, 3.63) is 46.5 Å². The molecule has 0 radical (unpaired) electrons. The highest BCUT2D eigenvalue weighted by Gasteiger charge is 2.03. The molecule has 0 saturated heterocycles. The molecule has 0 spiro atoms. The van der Waals surface area contributed by atoms with Gasteiger partial charge in [-0.2, -0.15) is 5.10 Å². The fraction of sp³-hybridized carbons (Fsp3) is 0.111. The minimum atomic E-state index is -0.430. The van der Waals surface area contributed by atoms with Gasteiger partial charge in [0.2, 0.25) is 0 Å². The lowest BCUT2D eigenvalue weighted by Crippen LogP contribution is -2.01. The average Bonchev–Trinajstić information content (AvgIpc) is 2.80. The Labute approximate surface area is 90.7 Å². The number of rotatable bonds is 4. The van der Waals surface area contributed by atoms with Crippen molar-refractivity contribution in [2.75, 3.05) is 5.32 Å². The summed E-state index contributed by atoms with van der Waals surface area (Å²) >= 11 is 0. The summed E-state index contributed by atoms with van der Waals surface area (Å²) in [5, 5.41) is 19.9. The second-order valence-corrected chi connectivity index (χ2v) is 3.09. The zero-order valence-corrected chi connectivity index (χ0v) is 8.25. The Balaban J connectivity index is 1.98. The van der Waals surface area contributed by atoms with Gasteiger partial charge in [-0.15, -0.1) is 0 Å². The number of nitro benzene ring substituents is 1. The number of anilines is 1. The molecule has 0 aliphatic rings. The van der Waals surface area contributed by atoms with Crippen LogP contribution in [0.25, 0.3) is 0 Å². The van der Waals surface area contributed by atoms with Crippen LogP contribution in [0.15, 0.2) is 30.6 Å². The van der Waals surface area contributed by atoms with Crippen LogP contribution in [-0.4, -0.2) is 20.1 Å². The Hall–Kier alpha value is -2.44. The third-order valence-electron chi connectivity index (χ3n) is 2.00. The van der Waals surface area contributed by atoms with Gasteiger partial charge in [-0.25, -0.2) is 4.98 Å². The van der Waals surface area contributed by atoms with E-state index in [9.17, 15) is 10.1 Å². The van der Waals surface area contributed by atoms with Crippen molar-refractivity contribution in [2.45, 2.75) is 6.54 Å². The molecule has 0 aliphatic heterocycles. The summed E-state index contributed by atoms with van der Waals surface area (Å²) in [5.41, 5.74) is 0.868. The van der Waals surface area contributed by atoms with Gasteiger partial charge in [0.25, 0.3) is 5.69 Å². The fourth-order valence-corrected chi connectivity index (χ4v) is 1.20. The van der Waals surface area contributed by atoms with Gasteiger partial charge in [0.1, 0.15) is 12.2 Å². The number of aromatic nitrogens is 3. The molecule has 2 aromatic rings. The summed E-state index contributed by atoms with van der Waals surface area (Å²) in [5.74, 6) is 0.707. The second-order valence-electron chi connectivity index (χ2n) is 3.09. The Bertz CT molecular complexity index is 465. The Morgan fingerprint density at radius 3 is 2.69 bits per heavy atom. The van der Waals surface area contributed by atoms with E-state index in [1.807, 2.05) is 0 Å². The van der Waals surface area contributed by atoms with E-state index in [1.54, 1.807) is 12.1 Å². The Morgan fingerprint density at radius 2 is 2.12 bits per heavy atom. The monoisotopic (exact) mass is 219 g/mol. The summed E-state index contributed by atoms with van der Waals surface area (Å²) in [6, 6.07) is 6.19. The Morgan fingerprint density at radius 1 is 1.38 bits per heavy atom. The van der Waals surface area contributed by atoms with Crippen molar-refractivity contribution < 1.29 is 4.92 Å². The maximum atomic E-state index is 10.4.